The Hall–Kier alpha value is -2.29. The quantitative estimate of drug-likeness (QED) is 0.469. The van der Waals surface area contributed by atoms with Gasteiger partial charge in [-0.05, 0) is 0 Å². The van der Waals surface area contributed by atoms with Gasteiger partial charge in [-0.2, -0.15) is 4.39 Å². The van der Waals surface area contributed by atoms with Gasteiger partial charge in [0.2, 0.25) is 5.82 Å². The maximum atomic E-state index is 12.8. The Morgan fingerprint density at radius 3 is 2.89 bits per heavy atom. The van der Waals surface area contributed by atoms with E-state index in [1.807, 2.05) is 0 Å². The summed E-state index contributed by atoms with van der Waals surface area (Å²) in [4.78, 5) is 44.8. The fraction of sp³-hybridized carbons (Fsp3) is 0.333. The molecule has 1 heterocycles. The fourth-order valence-corrected chi connectivity index (χ4v) is 1.02. The fourth-order valence-electron chi connectivity index (χ4n) is 1.02. The third-order valence-electron chi connectivity index (χ3n) is 1.91. The van der Waals surface area contributed by atoms with Crippen molar-refractivity contribution in [3.05, 3.63) is 32.9 Å². The first-order valence-corrected chi connectivity index (χ1v) is 4.80. The van der Waals surface area contributed by atoms with Crippen molar-refractivity contribution in [3.8, 4) is 0 Å². The molecule has 0 fully saturated rings. The van der Waals surface area contributed by atoms with Crippen molar-refractivity contribution in [1.82, 2.24) is 9.55 Å². The minimum absolute atomic E-state index is 0.357. The number of rotatable bonds is 5. The number of H-pyrrole nitrogens is 1. The molecule has 98 valence electrons. The number of carbonyl (C=O) groups is 2. The predicted octanol–water partition coefficient (Wildman–Crippen LogP) is -1.91. The Labute approximate surface area is 99.2 Å². The van der Waals surface area contributed by atoms with Crippen LogP contribution in [0.5, 0.6) is 0 Å². The average molecular weight is 259 g/mol. The van der Waals surface area contributed by atoms with Gasteiger partial charge in [0.1, 0.15) is 6.29 Å². The smallest absolute Gasteiger partial charge is 0.331 e. The molecule has 3 N–H and O–H groups in total. The summed E-state index contributed by atoms with van der Waals surface area (Å²) in [6, 6.07) is -0.999. The van der Waals surface area contributed by atoms with E-state index in [0.29, 0.717) is 17.1 Å². The molecule has 0 amide bonds. The van der Waals surface area contributed by atoms with Gasteiger partial charge in [0, 0.05) is 0 Å². The molecule has 0 aliphatic heterocycles. The van der Waals surface area contributed by atoms with Gasteiger partial charge in [-0.15, -0.1) is 0 Å². The van der Waals surface area contributed by atoms with Gasteiger partial charge in [-0.1, -0.05) is 0 Å². The van der Waals surface area contributed by atoms with Crippen LogP contribution in [0.25, 0.3) is 0 Å². The van der Waals surface area contributed by atoms with Crippen LogP contribution in [-0.4, -0.2) is 27.8 Å². The lowest BCUT2D eigenvalue weighted by Crippen LogP contribution is -2.33. The number of esters is 1. The van der Waals surface area contributed by atoms with Crippen LogP contribution in [0, 0.1) is 5.82 Å². The van der Waals surface area contributed by atoms with E-state index in [0.717, 1.165) is 0 Å². The number of ether oxygens (including phenoxy) is 1. The van der Waals surface area contributed by atoms with Gasteiger partial charge >= 0.3 is 11.7 Å². The van der Waals surface area contributed by atoms with Crippen molar-refractivity contribution in [2.24, 2.45) is 5.73 Å². The Balaban J connectivity index is 2.67. The van der Waals surface area contributed by atoms with Crippen LogP contribution in [0.3, 0.4) is 0 Å². The Kier molecular flexibility index (Phi) is 4.49. The molecular formula is C9H10FN3O5. The second kappa shape index (κ2) is 5.87. The number of nitrogens with zero attached hydrogens (tertiary/aromatic N) is 1. The highest BCUT2D eigenvalue weighted by Crippen LogP contribution is 1.92. The van der Waals surface area contributed by atoms with Gasteiger partial charge < -0.3 is 15.3 Å². The lowest BCUT2D eigenvalue weighted by Gasteiger charge is -2.07. The van der Waals surface area contributed by atoms with E-state index in [1.165, 1.54) is 0 Å². The molecule has 0 aliphatic carbocycles. The largest absolute Gasteiger partial charge is 0.444 e. The summed E-state index contributed by atoms with van der Waals surface area (Å²) in [5.74, 6) is -2.01. The van der Waals surface area contributed by atoms with E-state index in [4.69, 9.17) is 5.73 Å². The summed E-state index contributed by atoms with van der Waals surface area (Å²) in [5.41, 5.74) is 3.09. The second-order valence-electron chi connectivity index (χ2n) is 3.36. The number of nitrogens with one attached hydrogen (secondary N) is 1. The molecule has 1 aromatic heterocycles. The van der Waals surface area contributed by atoms with Gasteiger partial charge in [0.25, 0.3) is 5.56 Å². The first-order chi connectivity index (χ1) is 8.43. The minimum Gasteiger partial charge on any atom is -0.444 e. The molecule has 18 heavy (non-hydrogen) atoms. The van der Waals surface area contributed by atoms with Crippen molar-refractivity contribution in [1.29, 1.82) is 0 Å². The van der Waals surface area contributed by atoms with Crippen molar-refractivity contribution in [3.63, 3.8) is 0 Å². The average Bonchev–Trinajstić information content (AvgIpc) is 2.32. The Bertz CT molecular complexity index is 564. The monoisotopic (exact) mass is 259 g/mol. The van der Waals surface area contributed by atoms with Crippen molar-refractivity contribution in [2.45, 2.75) is 19.2 Å². The van der Waals surface area contributed by atoms with E-state index in [2.05, 4.69) is 4.74 Å². The summed E-state index contributed by atoms with van der Waals surface area (Å²) < 4.78 is 18.1. The van der Waals surface area contributed by atoms with Crippen LogP contribution >= 0.6 is 0 Å². The van der Waals surface area contributed by atoms with Crippen molar-refractivity contribution < 1.29 is 18.7 Å². The maximum absolute atomic E-state index is 12.8. The molecule has 1 unspecified atom stereocenters. The number of carbonyl (C=O) groups excluding carboxylic acids is 2. The molecule has 1 atom stereocenters. The molecule has 0 bridgehead atoms. The molecule has 0 saturated carbocycles. The third kappa shape index (κ3) is 3.63. The maximum Gasteiger partial charge on any atom is 0.331 e. The molecule has 0 spiro atoms. The zero-order chi connectivity index (χ0) is 13.7. The van der Waals surface area contributed by atoms with E-state index < -0.39 is 35.8 Å². The number of aromatic nitrogens is 2. The molecule has 1 rings (SSSR count). The lowest BCUT2D eigenvalue weighted by molar-refractivity contribution is -0.148. The summed E-state index contributed by atoms with van der Waals surface area (Å²) in [6.07, 6.45) is 0.616. The molecule has 0 saturated heterocycles. The first-order valence-electron chi connectivity index (χ1n) is 4.80. The highest BCUT2D eigenvalue weighted by molar-refractivity contribution is 5.75. The molecular weight excluding hydrogens is 249 g/mol. The SMILES string of the molecule is NC(C=O)CC(=O)OCn1cc(F)c(=O)[nH]c1=O. The molecule has 0 radical (unpaired) electrons. The highest BCUT2D eigenvalue weighted by Gasteiger charge is 2.10. The summed E-state index contributed by atoms with van der Waals surface area (Å²) in [6.45, 7) is -0.586. The van der Waals surface area contributed by atoms with E-state index >= 15 is 0 Å². The molecule has 9 heteroatoms. The zero-order valence-corrected chi connectivity index (χ0v) is 9.09. The van der Waals surface area contributed by atoms with Gasteiger partial charge in [0.15, 0.2) is 6.73 Å². The second-order valence-corrected chi connectivity index (χ2v) is 3.36. The van der Waals surface area contributed by atoms with Crippen LogP contribution in [0.15, 0.2) is 15.8 Å². The van der Waals surface area contributed by atoms with Crippen LogP contribution in [0.1, 0.15) is 6.42 Å². The zero-order valence-electron chi connectivity index (χ0n) is 9.09. The predicted molar refractivity (Wildman–Crippen MR) is 56.0 cm³/mol. The number of hydrogen-bond acceptors (Lipinski definition) is 6. The van der Waals surface area contributed by atoms with Gasteiger partial charge in [-0.3, -0.25) is 19.1 Å². The van der Waals surface area contributed by atoms with Crippen LogP contribution in [0.2, 0.25) is 0 Å². The Morgan fingerprint density at radius 2 is 2.28 bits per heavy atom. The number of nitrogens with two attached hydrogens (primary N) is 1. The highest BCUT2D eigenvalue weighted by atomic mass is 19.1. The number of hydrogen-bond donors (Lipinski definition) is 2. The van der Waals surface area contributed by atoms with E-state index in [9.17, 15) is 23.6 Å². The normalized spacial score (nSPS) is 11.9. The van der Waals surface area contributed by atoms with Crippen LogP contribution < -0.4 is 17.0 Å². The number of aromatic amines is 1. The molecule has 8 nitrogen and oxygen atoms in total. The minimum atomic E-state index is -1.18. The summed E-state index contributed by atoms with van der Waals surface area (Å²) in [5, 5.41) is 0. The summed E-state index contributed by atoms with van der Waals surface area (Å²) >= 11 is 0. The van der Waals surface area contributed by atoms with E-state index in [-0.39, 0.29) is 6.42 Å². The van der Waals surface area contributed by atoms with Crippen LogP contribution in [-0.2, 0) is 21.1 Å². The third-order valence-corrected chi connectivity index (χ3v) is 1.91. The number of aldehydes is 1. The van der Waals surface area contributed by atoms with Gasteiger partial charge in [-0.25, -0.2) is 4.79 Å². The van der Waals surface area contributed by atoms with Gasteiger partial charge in [0.05, 0.1) is 18.7 Å². The Morgan fingerprint density at radius 1 is 1.61 bits per heavy atom. The standard InChI is InChI=1S/C9H10FN3O5/c10-6-2-13(9(17)12-8(6)16)4-18-7(15)1-5(11)3-14/h2-3,5H,1,4,11H2,(H,12,16,17). The van der Waals surface area contributed by atoms with Crippen LogP contribution in [0.4, 0.5) is 4.39 Å². The van der Waals surface area contributed by atoms with Crippen molar-refractivity contribution >= 4 is 12.3 Å². The topological polar surface area (TPSA) is 124 Å². The molecule has 0 aromatic carbocycles. The van der Waals surface area contributed by atoms with E-state index in [1.54, 1.807) is 4.98 Å². The number of halogens is 1. The van der Waals surface area contributed by atoms with Crippen molar-refractivity contribution in [2.75, 3.05) is 0 Å². The lowest BCUT2D eigenvalue weighted by atomic mass is 10.2. The molecule has 0 aliphatic rings. The first kappa shape index (κ1) is 13.8. The summed E-state index contributed by atoms with van der Waals surface area (Å²) in [7, 11) is 0. The molecule has 1 aromatic rings.